The lowest BCUT2D eigenvalue weighted by molar-refractivity contribution is -0.258. The number of hydrogen-bond donors (Lipinski definition) is 0. The zero-order valence-corrected chi connectivity index (χ0v) is 10.3. The van der Waals surface area contributed by atoms with Crippen molar-refractivity contribution >= 4 is 0 Å². The third kappa shape index (κ3) is 2.31. The average Bonchev–Trinajstić information content (AvgIpc) is 2.14. The fourth-order valence-corrected chi connectivity index (χ4v) is 2.92. The van der Waals surface area contributed by atoms with Crippen LogP contribution in [0.3, 0.4) is 0 Å². The van der Waals surface area contributed by atoms with Gasteiger partial charge >= 0.3 is 0 Å². The Labute approximate surface area is 89.2 Å². The molecule has 0 saturated carbocycles. The lowest BCUT2D eigenvalue weighted by atomic mass is 9.72. The molecule has 1 fully saturated rings. The molecule has 1 aliphatic heterocycles. The van der Waals surface area contributed by atoms with Crippen LogP contribution in [0.4, 0.5) is 0 Å². The second-order valence-corrected chi connectivity index (χ2v) is 4.90. The van der Waals surface area contributed by atoms with Gasteiger partial charge in [-0.3, -0.25) is 0 Å². The topological polar surface area (TPSA) is 9.23 Å². The molecule has 84 valence electrons. The van der Waals surface area contributed by atoms with E-state index in [4.69, 9.17) is 4.74 Å². The molecule has 1 aliphatic rings. The zero-order valence-electron chi connectivity index (χ0n) is 10.3. The fraction of sp³-hybridized carbons (Fsp3) is 1.00. The Kier molecular flexibility index (Phi) is 4.43. The molecule has 0 spiro atoms. The van der Waals surface area contributed by atoms with Crippen LogP contribution in [0.15, 0.2) is 0 Å². The molecule has 0 aromatic carbocycles. The van der Waals surface area contributed by atoms with E-state index in [0.29, 0.717) is 6.10 Å². The van der Waals surface area contributed by atoms with Crippen LogP contribution in [0.2, 0.25) is 0 Å². The van der Waals surface area contributed by atoms with E-state index in [9.17, 15) is 0 Å². The first-order valence-electron chi connectivity index (χ1n) is 6.35. The highest BCUT2D eigenvalue weighted by molar-refractivity contribution is 4.97. The first-order chi connectivity index (χ1) is 6.68. The van der Waals surface area contributed by atoms with Crippen molar-refractivity contribution < 1.29 is 4.74 Å². The minimum Gasteiger partial charge on any atom is -0.371 e. The SMILES string of the molecule is CCCC1OC(C)(CCC)C1CCC. The van der Waals surface area contributed by atoms with Crippen LogP contribution in [0.1, 0.15) is 66.2 Å². The van der Waals surface area contributed by atoms with Gasteiger partial charge in [-0.25, -0.2) is 0 Å². The maximum Gasteiger partial charge on any atom is 0.0711 e. The highest BCUT2D eigenvalue weighted by Crippen LogP contribution is 2.46. The summed E-state index contributed by atoms with van der Waals surface area (Å²) in [6.07, 6.45) is 8.20. The van der Waals surface area contributed by atoms with E-state index < -0.39 is 0 Å². The van der Waals surface area contributed by atoms with Crippen LogP contribution in [0, 0.1) is 5.92 Å². The molecule has 1 rings (SSSR count). The first kappa shape index (κ1) is 12.0. The Morgan fingerprint density at radius 2 is 1.64 bits per heavy atom. The molecular weight excluding hydrogens is 172 g/mol. The van der Waals surface area contributed by atoms with Gasteiger partial charge in [0.1, 0.15) is 0 Å². The molecule has 1 saturated heterocycles. The van der Waals surface area contributed by atoms with Crippen molar-refractivity contribution in [3.05, 3.63) is 0 Å². The molecule has 3 unspecified atom stereocenters. The van der Waals surface area contributed by atoms with Gasteiger partial charge in [0.2, 0.25) is 0 Å². The molecule has 1 heteroatoms. The average molecular weight is 198 g/mol. The van der Waals surface area contributed by atoms with Crippen molar-refractivity contribution in [2.45, 2.75) is 77.9 Å². The van der Waals surface area contributed by atoms with Crippen LogP contribution in [0.5, 0.6) is 0 Å². The summed E-state index contributed by atoms with van der Waals surface area (Å²) in [4.78, 5) is 0. The Morgan fingerprint density at radius 1 is 1.00 bits per heavy atom. The van der Waals surface area contributed by atoms with E-state index in [1.54, 1.807) is 0 Å². The summed E-state index contributed by atoms with van der Waals surface area (Å²) in [6.45, 7) is 9.10. The summed E-state index contributed by atoms with van der Waals surface area (Å²) < 4.78 is 6.07. The highest BCUT2D eigenvalue weighted by atomic mass is 16.5. The lowest BCUT2D eigenvalue weighted by Crippen LogP contribution is -2.57. The second-order valence-electron chi connectivity index (χ2n) is 4.90. The van der Waals surface area contributed by atoms with Gasteiger partial charge in [-0.15, -0.1) is 0 Å². The van der Waals surface area contributed by atoms with Crippen LogP contribution < -0.4 is 0 Å². The fourth-order valence-electron chi connectivity index (χ4n) is 2.92. The van der Waals surface area contributed by atoms with Gasteiger partial charge in [0, 0.05) is 5.92 Å². The third-order valence-electron chi connectivity index (χ3n) is 3.57. The lowest BCUT2D eigenvalue weighted by Gasteiger charge is -2.54. The van der Waals surface area contributed by atoms with Crippen molar-refractivity contribution in [1.82, 2.24) is 0 Å². The summed E-state index contributed by atoms with van der Waals surface area (Å²) in [5.74, 6) is 0.826. The predicted molar refractivity (Wildman–Crippen MR) is 61.5 cm³/mol. The first-order valence-corrected chi connectivity index (χ1v) is 6.35. The minimum atomic E-state index is 0.213. The van der Waals surface area contributed by atoms with E-state index >= 15 is 0 Å². The third-order valence-corrected chi connectivity index (χ3v) is 3.57. The molecule has 1 heterocycles. The summed E-state index contributed by atoms with van der Waals surface area (Å²) in [5, 5.41) is 0. The molecule has 0 aromatic rings. The number of ether oxygens (including phenoxy) is 1. The Balaban J connectivity index is 2.47. The number of rotatable bonds is 6. The van der Waals surface area contributed by atoms with E-state index in [-0.39, 0.29) is 5.60 Å². The smallest absolute Gasteiger partial charge is 0.0711 e. The Bertz CT molecular complexity index is 167. The van der Waals surface area contributed by atoms with Crippen LogP contribution in [-0.4, -0.2) is 11.7 Å². The molecule has 0 bridgehead atoms. The van der Waals surface area contributed by atoms with Gasteiger partial charge in [-0.1, -0.05) is 40.0 Å². The molecule has 0 N–H and O–H groups in total. The molecule has 3 atom stereocenters. The quantitative estimate of drug-likeness (QED) is 0.622. The molecule has 0 aliphatic carbocycles. The second kappa shape index (κ2) is 5.16. The Hall–Kier alpha value is -0.0400. The van der Waals surface area contributed by atoms with Gasteiger partial charge in [0.05, 0.1) is 11.7 Å². The summed E-state index contributed by atoms with van der Waals surface area (Å²) in [5.41, 5.74) is 0.213. The maximum atomic E-state index is 6.07. The molecular formula is C13H26O. The van der Waals surface area contributed by atoms with Gasteiger partial charge < -0.3 is 4.74 Å². The molecule has 14 heavy (non-hydrogen) atoms. The molecule has 0 amide bonds. The van der Waals surface area contributed by atoms with Crippen LogP contribution >= 0.6 is 0 Å². The molecule has 1 nitrogen and oxygen atoms in total. The van der Waals surface area contributed by atoms with Gasteiger partial charge in [0.15, 0.2) is 0 Å². The van der Waals surface area contributed by atoms with Crippen LogP contribution in [-0.2, 0) is 4.74 Å². The molecule has 0 aromatic heterocycles. The van der Waals surface area contributed by atoms with Crippen molar-refractivity contribution in [3.63, 3.8) is 0 Å². The maximum absolute atomic E-state index is 6.07. The van der Waals surface area contributed by atoms with Gasteiger partial charge in [0.25, 0.3) is 0 Å². The van der Waals surface area contributed by atoms with Gasteiger partial charge in [-0.2, -0.15) is 0 Å². The minimum absolute atomic E-state index is 0.213. The molecule has 0 radical (unpaired) electrons. The summed E-state index contributed by atoms with van der Waals surface area (Å²) in [6, 6.07) is 0. The standard InChI is InChI=1S/C13H26O/c1-5-8-11-12(9-6-2)14-13(11,4)10-7-3/h11-12H,5-10H2,1-4H3. The van der Waals surface area contributed by atoms with Crippen molar-refractivity contribution in [2.24, 2.45) is 5.92 Å². The van der Waals surface area contributed by atoms with Crippen molar-refractivity contribution in [3.8, 4) is 0 Å². The van der Waals surface area contributed by atoms with Gasteiger partial charge in [-0.05, 0) is 26.2 Å². The Morgan fingerprint density at radius 3 is 2.14 bits per heavy atom. The van der Waals surface area contributed by atoms with E-state index in [1.807, 2.05) is 0 Å². The normalized spacial score (nSPS) is 36.9. The van der Waals surface area contributed by atoms with E-state index in [1.165, 1.54) is 38.5 Å². The van der Waals surface area contributed by atoms with E-state index in [2.05, 4.69) is 27.7 Å². The largest absolute Gasteiger partial charge is 0.371 e. The highest BCUT2D eigenvalue weighted by Gasteiger charge is 2.49. The zero-order chi connectivity index (χ0) is 10.6. The summed E-state index contributed by atoms with van der Waals surface area (Å²) in [7, 11) is 0. The summed E-state index contributed by atoms with van der Waals surface area (Å²) >= 11 is 0. The predicted octanol–water partition coefficient (Wildman–Crippen LogP) is 4.16. The monoisotopic (exact) mass is 198 g/mol. The van der Waals surface area contributed by atoms with Crippen molar-refractivity contribution in [2.75, 3.05) is 0 Å². The van der Waals surface area contributed by atoms with E-state index in [0.717, 1.165) is 5.92 Å². The van der Waals surface area contributed by atoms with Crippen molar-refractivity contribution in [1.29, 1.82) is 0 Å². The van der Waals surface area contributed by atoms with Crippen LogP contribution in [0.25, 0.3) is 0 Å². The number of hydrogen-bond acceptors (Lipinski definition) is 1.